The van der Waals surface area contributed by atoms with Gasteiger partial charge in [-0.3, -0.25) is 13.9 Å². The van der Waals surface area contributed by atoms with Crippen LogP contribution in [0.1, 0.15) is 48.1 Å². The van der Waals surface area contributed by atoms with Gasteiger partial charge in [-0.15, -0.1) is 0 Å². The van der Waals surface area contributed by atoms with Crippen LogP contribution in [0.2, 0.25) is 0 Å². The minimum Gasteiger partial charge on any atom is -0.354 e. The van der Waals surface area contributed by atoms with E-state index in [0.29, 0.717) is 12.2 Å². The van der Waals surface area contributed by atoms with Crippen molar-refractivity contribution in [1.82, 2.24) is 10.2 Å². The zero-order chi connectivity index (χ0) is 28.7. The number of aryl methyl sites for hydroxylation is 4. The third kappa shape index (κ3) is 7.26. The second-order valence-corrected chi connectivity index (χ2v) is 11.9. The Kier molecular flexibility index (Phi) is 9.92. The lowest BCUT2D eigenvalue weighted by Crippen LogP contribution is -2.51. The summed E-state index contributed by atoms with van der Waals surface area (Å²) in [5.74, 6) is -0.746. The predicted molar refractivity (Wildman–Crippen MR) is 156 cm³/mol. The molecule has 1 N–H and O–H groups in total. The van der Waals surface area contributed by atoms with Gasteiger partial charge in [-0.05, 0) is 87.6 Å². The first kappa shape index (κ1) is 29.9. The van der Waals surface area contributed by atoms with E-state index in [0.717, 1.165) is 38.5 Å². The van der Waals surface area contributed by atoms with Gasteiger partial charge in [0, 0.05) is 13.1 Å². The van der Waals surface area contributed by atoms with Gasteiger partial charge in [-0.25, -0.2) is 8.42 Å². The summed E-state index contributed by atoms with van der Waals surface area (Å²) in [5.41, 5.74) is 5.12. The summed E-state index contributed by atoms with van der Waals surface area (Å²) >= 11 is 0. The molecule has 0 aliphatic rings. The molecule has 0 aliphatic carbocycles. The van der Waals surface area contributed by atoms with E-state index in [1.807, 2.05) is 65.0 Å². The number of carbonyl (C=O) groups excluding carboxylic acids is 2. The number of rotatable bonds is 11. The quantitative estimate of drug-likeness (QED) is 0.362. The van der Waals surface area contributed by atoms with Crippen molar-refractivity contribution in [3.05, 3.63) is 94.5 Å². The van der Waals surface area contributed by atoms with Gasteiger partial charge >= 0.3 is 0 Å². The van der Waals surface area contributed by atoms with Crippen LogP contribution >= 0.6 is 0 Å². The Balaban J connectivity index is 2.05. The molecular weight excluding hydrogens is 510 g/mol. The topological polar surface area (TPSA) is 86.8 Å². The van der Waals surface area contributed by atoms with Crippen LogP contribution in [0.25, 0.3) is 0 Å². The number of carbonyl (C=O) groups is 2. The van der Waals surface area contributed by atoms with Crippen LogP contribution in [0.4, 0.5) is 5.69 Å². The number of sulfonamides is 1. The molecule has 8 heteroatoms. The van der Waals surface area contributed by atoms with E-state index < -0.39 is 28.5 Å². The van der Waals surface area contributed by atoms with Crippen LogP contribution in [-0.4, -0.2) is 44.3 Å². The third-order valence-corrected chi connectivity index (χ3v) is 8.77. The molecule has 0 spiro atoms. The van der Waals surface area contributed by atoms with Gasteiger partial charge in [0.05, 0.1) is 10.6 Å². The van der Waals surface area contributed by atoms with Crippen molar-refractivity contribution in [2.75, 3.05) is 17.4 Å². The average molecular weight is 550 g/mol. The Labute approximate surface area is 232 Å². The summed E-state index contributed by atoms with van der Waals surface area (Å²) in [6.07, 6.45) is 0.763. The molecule has 208 valence electrons. The third-order valence-electron chi connectivity index (χ3n) is 6.98. The fourth-order valence-electron chi connectivity index (χ4n) is 4.20. The van der Waals surface area contributed by atoms with E-state index in [1.54, 1.807) is 43.3 Å². The number of benzene rings is 3. The summed E-state index contributed by atoms with van der Waals surface area (Å²) < 4.78 is 29.0. The first-order valence-corrected chi connectivity index (χ1v) is 14.7. The van der Waals surface area contributed by atoms with Crippen LogP contribution in [0.5, 0.6) is 0 Å². The molecule has 0 aromatic heterocycles. The van der Waals surface area contributed by atoms with Gasteiger partial charge in [-0.1, -0.05) is 55.0 Å². The highest BCUT2D eigenvalue weighted by Gasteiger charge is 2.32. The Bertz CT molecular complexity index is 1420. The van der Waals surface area contributed by atoms with Crippen molar-refractivity contribution in [2.24, 2.45) is 0 Å². The summed E-state index contributed by atoms with van der Waals surface area (Å²) in [6, 6.07) is 18.8. The van der Waals surface area contributed by atoms with E-state index >= 15 is 0 Å². The van der Waals surface area contributed by atoms with Gasteiger partial charge in [-0.2, -0.15) is 0 Å². The van der Waals surface area contributed by atoms with Crippen molar-refractivity contribution in [2.45, 2.75) is 65.4 Å². The SMILES string of the molecule is CCCNC(=O)C(C)N(Cc1ccccc1C)C(=O)CN(c1ccc(C)c(C)c1)S(=O)(=O)c1ccc(C)cc1. The molecule has 7 nitrogen and oxygen atoms in total. The Morgan fingerprint density at radius 1 is 0.872 bits per heavy atom. The van der Waals surface area contributed by atoms with Crippen LogP contribution in [0.15, 0.2) is 71.6 Å². The first-order chi connectivity index (χ1) is 18.4. The Hall–Kier alpha value is -3.65. The van der Waals surface area contributed by atoms with Crippen LogP contribution < -0.4 is 9.62 Å². The van der Waals surface area contributed by atoms with E-state index in [-0.39, 0.29) is 17.3 Å². The lowest BCUT2D eigenvalue weighted by molar-refractivity contribution is -0.139. The monoisotopic (exact) mass is 549 g/mol. The maximum absolute atomic E-state index is 14.0. The highest BCUT2D eigenvalue weighted by atomic mass is 32.2. The van der Waals surface area contributed by atoms with Gasteiger partial charge < -0.3 is 10.2 Å². The molecule has 3 aromatic rings. The van der Waals surface area contributed by atoms with E-state index in [1.165, 1.54) is 4.90 Å². The summed E-state index contributed by atoms with van der Waals surface area (Å²) in [4.78, 5) is 28.5. The molecule has 0 aliphatic heterocycles. The van der Waals surface area contributed by atoms with Gasteiger partial charge in [0.2, 0.25) is 11.8 Å². The molecule has 0 radical (unpaired) electrons. The Morgan fingerprint density at radius 2 is 1.54 bits per heavy atom. The van der Waals surface area contributed by atoms with Crippen LogP contribution in [0.3, 0.4) is 0 Å². The van der Waals surface area contributed by atoms with Crippen LogP contribution in [-0.2, 0) is 26.2 Å². The van der Waals surface area contributed by atoms with E-state index in [9.17, 15) is 18.0 Å². The minimum absolute atomic E-state index is 0.0957. The molecule has 0 heterocycles. The van der Waals surface area contributed by atoms with Crippen molar-refractivity contribution in [3.63, 3.8) is 0 Å². The number of amides is 2. The second kappa shape index (κ2) is 12.9. The van der Waals surface area contributed by atoms with Crippen molar-refractivity contribution in [1.29, 1.82) is 0 Å². The normalized spacial score (nSPS) is 12.1. The highest BCUT2D eigenvalue weighted by Crippen LogP contribution is 2.27. The fraction of sp³-hybridized carbons (Fsp3) is 0.355. The molecule has 0 saturated carbocycles. The van der Waals surface area contributed by atoms with Crippen molar-refractivity contribution < 1.29 is 18.0 Å². The maximum atomic E-state index is 14.0. The average Bonchev–Trinajstić information content (AvgIpc) is 2.91. The fourth-order valence-corrected chi connectivity index (χ4v) is 5.60. The van der Waals surface area contributed by atoms with Crippen molar-refractivity contribution >= 4 is 27.5 Å². The van der Waals surface area contributed by atoms with Gasteiger partial charge in [0.15, 0.2) is 0 Å². The number of anilines is 1. The van der Waals surface area contributed by atoms with Crippen LogP contribution in [0, 0.1) is 27.7 Å². The summed E-state index contributed by atoms with van der Waals surface area (Å²) in [7, 11) is -4.08. The second-order valence-electron chi connectivity index (χ2n) is 10.0. The lowest BCUT2D eigenvalue weighted by atomic mass is 10.1. The molecule has 1 unspecified atom stereocenters. The summed E-state index contributed by atoms with van der Waals surface area (Å²) in [6.45, 7) is 11.5. The van der Waals surface area contributed by atoms with E-state index in [2.05, 4.69) is 5.32 Å². The lowest BCUT2D eigenvalue weighted by Gasteiger charge is -2.32. The molecule has 2 amide bonds. The van der Waals surface area contributed by atoms with Gasteiger partial charge in [0.1, 0.15) is 12.6 Å². The molecule has 3 aromatic carbocycles. The molecule has 1 atom stereocenters. The Morgan fingerprint density at radius 3 is 2.15 bits per heavy atom. The standard InChI is InChI=1S/C31H39N3O4S/c1-7-18-32-31(36)26(6)33(20-27-11-9-8-10-24(27)4)30(35)21-34(28-15-14-23(3)25(5)19-28)39(37,38)29-16-12-22(2)13-17-29/h8-17,19,26H,7,18,20-21H2,1-6H3,(H,32,36). The largest absolute Gasteiger partial charge is 0.354 e. The zero-order valence-corrected chi connectivity index (χ0v) is 24.5. The molecule has 0 fully saturated rings. The number of hydrogen-bond donors (Lipinski definition) is 1. The molecule has 0 bridgehead atoms. The summed E-state index contributed by atoms with van der Waals surface area (Å²) in [5, 5.41) is 2.86. The van der Waals surface area contributed by atoms with Crippen molar-refractivity contribution in [3.8, 4) is 0 Å². The molecule has 3 rings (SSSR count). The predicted octanol–water partition coefficient (Wildman–Crippen LogP) is 5.06. The minimum atomic E-state index is -4.08. The number of hydrogen-bond acceptors (Lipinski definition) is 4. The molecule has 39 heavy (non-hydrogen) atoms. The zero-order valence-electron chi connectivity index (χ0n) is 23.7. The molecular formula is C31H39N3O4S. The molecule has 0 saturated heterocycles. The number of nitrogens with zero attached hydrogens (tertiary/aromatic N) is 2. The van der Waals surface area contributed by atoms with Gasteiger partial charge in [0.25, 0.3) is 10.0 Å². The number of nitrogens with one attached hydrogen (secondary N) is 1. The highest BCUT2D eigenvalue weighted by molar-refractivity contribution is 7.92. The smallest absolute Gasteiger partial charge is 0.264 e. The first-order valence-electron chi connectivity index (χ1n) is 13.2. The van der Waals surface area contributed by atoms with E-state index in [4.69, 9.17) is 0 Å². The maximum Gasteiger partial charge on any atom is 0.264 e.